The second-order valence-electron chi connectivity index (χ2n) is 26.3. The van der Waals surface area contributed by atoms with Gasteiger partial charge in [0.05, 0.1) is 26.4 Å². The summed E-state index contributed by atoms with van der Waals surface area (Å²) in [6, 6.07) is 46.4. The van der Waals surface area contributed by atoms with Crippen LogP contribution >= 0.6 is 0 Å². The highest BCUT2D eigenvalue weighted by Crippen LogP contribution is 2.44. The average molecular weight is 1460 g/mol. The standard InChI is InChI=1S/C16H14O2.C9H10O2.C8H10O2.C8H10.C7H16O2Si.C7H18Si.C6H12O2.C5H8O2.C5H12.C5H10.C3H6O2.C3H8.2C2H6/c1-11(17)18-10-16-14-8-4-2-6-12(14)13-7-3-5-9-15(13)16;1-8(10)11-7-9-5-3-2-4-6-9;9-5-7-1-2-8(6-10)4-3-7;1-2-8-6-4-3-5-7-8;1-7(8)9-5-6-10(2,3)4;1-7(2)6-8(3,4)5;1-5(2)4-8-6(3)7;1-3-4-7-5(2)6;1-4-5(2)3;1-3-5-4-2;1-3(5)2-4;1-3-2;2*1-2/h2-9,16H,10H2,1H3;2-6H,7H2,1H3;1-4,9-10H,5-6H2;3-7H,2H2,1H3;5-6H2,1-4H3;7H,6H2,1-5H3;5H,4H2,1-3H3;3H,1,4H2,2H3;5H,4H2,1-3H3;3H,1,4-5H2,2H3;4H,2H2,1H3;3H2,1-2H3;2*1-2H3. The first-order valence-electron chi connectivity index (χ1n) is 36.5. The molecule has 582 valence electrons. The molecule has 0 aliphatic heterocycles. The van der Waals surface area contributed by atoms with Crippen molar-refractivity contribution < 1.29 is 67.8 Å². The van der Waals surface area contributed by atoms with E-state index >= 15 is 0 Å². The molecule has 0 bridgehead atoms. The van der Waals surface area contributed by atoms with Crippen LogP contribution < -0.4 is 0 Å². The monoisotopic (exact) mass is 1460 g/mol. The Labute approximate surface area is 624 Å². The number of fused-ring (bicyclic) bond motifs is 3. The van der Waals surface area contributed by atoms with E-state index in [0.717, 1.165) is 47.4 Å². The van der Waals surface area contributed by atoms with E-state index in [2.05, 4.69) is 173 Å². The quantitative estimate of drug-likeness (QED) is 0.0287. The Morgan fingerprint density at radius 1 is 0.461 bits per heavy atom. The van der Waals surface area contributed by atoms with Gasteiger partial charge in [-0.3, -0.25) is 28.8 Å². The first kappa shape index (κ1) is 111. The zero-order valence-electron chi connectivity index (χ0n) is 69.0. The molecule has 5 aromatic rings. The molecule has 0 atom stereocenters. The Balaban J connectivity index is -0.000000161. The molecule has 0 aromatic heterocycles. The van der Waals surface area contributed by atoms with E-state index in [9.17, 15) is 28.8 Å². The van der Waals surface area contributed by atoms with E-state index < -0.39 is 16.1 Å². The van der Waals surface area contributed by atoms with Crippen molar-refractivity contribution in [2.24, 2.45) is 17.8 Å². The van der Waals surface area contributed by atoms with Crippen LogP contribution in [0.3, 0.4) is 0 Å². The number of carbonyl (C=O) groups is 6. The van der Waals surface area contributed by atoms with Crippen molar-refractivity contribution in [3.63, 3.8) is 0 Å². The predicted octanol–water partition coefficient (Wildman–Crippen LogP) is 21.9. The number of aliphatic hydroxyl groups is 3. The summed E-state index contributed by atoms with van der Waals surface area (Å²) in [7, 11) is -1.72. The van der Waals surface area contributed by atoms with Crippen molar-refractivity contribution in [1.82, 2.24) is 0 Å². The van der Waals surface area contributed by atoms with Crippen LogP contribution in [-0.2, 0) is 78.7 Å². The zero-order valence-corrected chi connectivity index (χ0v) is 71.0. The summed E-state index contributed by atoms with van der Waals surface area (Å²) in [6.45, 7) is 63.2. The Hall–Kier alpha value is -7.09. The smallest absolute Gasteiger partial charge is 0.302 e. The number of esters is 5. The number of unbranched alkanes of at least 4 members (excludes halogenated alkanes) is 1. The van der Waals surface area contributed by atoms with E-state index in [1.54, 1.807) is 24.3 Å². The van der Waals surface area contributed by atoms with E-state index in [-0.39, 0.29) is 61.4 Å². The molecule has 0 fully saturated rings. The number of ether oxygens (including phenoxy) is 5. The van der Waals surface area contributed by atoms with Gasteiger partial charge in [0, 0.05) is 56.7 Å². The van der Waals surface area contributed by atoms with Crippen molar-refractivity contribution in [1.29, 1.82) is 0 Å². The number of rotatable bonds is 20. The minimum Gasteiger partial charge on any atom is -0.466 e. The highest BCUT2D eigenvalue weighted by molar-refractivity contribution is 6.76. The molecule has 14 nitrogen and oxygen atoms in total. The second kappa shape index (κ2) is 76.5. The summed E-state index contributed by atoms with van der Waals surface area (Å²) < 4.78 is 23.9. The molecular weight excluding hydrogens is 1310 g/mol. The maximum absolute atomic E-state index is 11.0. The molecule has 1 aliphatic carbocycles. The lowest BCUT2D eigenvalue weighted by atomic mass is 9.98. The Morgan fingerprint density at radius 2 is 0.824 bits per heavy atom. The third-order valence-corrected chi connectivity index (χ3v) is 15.8. The first-order chi connectivity index (χ1) is 48.0. The van der Waals surface area contributed by atoms with Gasteiger partial charge >= 0.3 is 29.8 Å². The molecule has 0 amide bonds. The minimum atomic E-state index is -1.00. The van der Waals surface area contributed by atoms with E-state index in [0.29, 0.717) is 39.0 Å². The summed E-state index contributed by atoms with van der Waals surface area (Å²) in [5.74, 6) is 1.12. The third-order valence-electron chi connectivity index (χ3n) is 12.1. The number of allylic oxidation sites excluding steroid dienone is 1. The average Bonchev–Trinajstić information content (AvgIpc) is 1.62. The Bertz CT molecular complexity index is 2680. The van der Waals surface area contributed by atoms with Gasteiger partial charge in [-0.15, -0.1) is 6.58 Å². The van der Waals surface area contributed by atoms with Crippen molar-refractivity contribution >= 4 is 51.8 Å². The lowest BCUT2D eigenvalue weighted by Crippen LogP contribution is -2.22. The Morgan fingerprint density at radius 3 is 1.05 bits per heavy atom. The minimum absolute atomic E-state index is 0.0612. The topological polar surface area (TPSA) is 209 Å². The SMILES string of the molecule is C=CCCC.C=CCOC(C)=O.CC.CC.CC(=O)CO.CC(=O)OCC(C)C.CC(=O)OCC1c2ccccc2-c2ccccc21.CC(=O)OCC[Si](C)(C)C.CC(=O)OCc1ccccc1.CC(C)C[Si](C)(C)C.CCC.CCC(C)C.CCc1ccccc1.OCc1ccc(CO)cc1. The van der Waals surface area contributed by atoms with Crippen LogP contribution in [0.4, 0.5) is 0 Å². The number of benzene rings is 5. The maximum atomic E-state index is 11.0. The van der Waals surface area contributed by atoms with Gasteiger partial charge in [-0.2, -0.15) is 0 Å². The first-order valence-corrected chi connectivity index (χ1v) is 43.9. The largest absolute Gasteiger partial charge is 0.466 e. The molecule has 0 heterocycles. The van der Waals surface area contributed by atoms with Gasteiger partial charge in [0.2, 0.25) is 0 Å². The van der Waals surface area contributed by atoms with E-state index in [4.69, 9.17) is 29.5 Å². The fourth-order valence-corrected chi connectivity index (χ4v) is 10.4. The lowest BCUT2D eigenvalue weighted by Gasteiger charge is -2.17. The Kier molecular flexibility index (Phi) is 83.2. The summed E-state index contributed by atoms with van der Waals surface area (Å²) in [5, 5.41) is 25.1. The maximum Gasteiger partial charge on any atom is 0.302 e. The van der Waals surface area contributed by atoms with Crippen LogP contribution in [0.2, 0.25) is 51.4 Å². The lowest BCUT2D eigenvalue weighted by molar-refractivity contribution is -0.143. The summed E-state index contributed by atoms with van der Waals surface area (Å²) in [6.07, 6.45) is 9.53. The van der Waals surface area contributed by atoms with E-state index in [1.807, 2.05) is 108 Å². The van der Waals surface area contributed by atoms with Crippen molar-refractivity contribution in [2.45, 2.75) is 255 Å². The van der Waals surface area contributed by atoms with Gasteiger partial charge < -0.3 is 39.0 Å². The number of carbonyl (C=O) groups excluding carboxylic acids is 6. The van der Waals surface area contributed by atoms with Crippen molar-refractivity contribution in [2.75, 3.05) is 33.0 Å². The van der Waals surface area contributed by atoms with Crippen LogP contribution in [0.15, 0.2) is 159 Å². The molecule has 1 aliphatic rings. The van der Waals surface area contributed by atoms with Crippen LogP contribution in [0.1, 0.15) is 210 Å². The fraction of sp³-hybridized carbons (Fsp3) is 0.535. The molecule has 6 rings (SSSR count). The zero-order chi connectivity index (χ0) is 80.5. The second-order valence-corrected chi connectivity index (χ2v) is 37.5. The van der Waals surface area contributed by atoms with Crippen LogP contribution in [0, 0.1) is 17.8 Å². The van der Waals surface area contributed by atoms with Gasteiger partial charge in [0.15, 0.2) is 5.78 Å². The number of hydrogen-bond acceptors (Lipinski definition) is 14. The number of hydrogen-bond donors (Lipinski definition) is 3. The number of Topliss-reactive ketones (excluding diaryl/α,β-unsaturated/α-hetero) is 1. The molecule has 0 unspecified atom stereocenters. The van der Waals surface area contributed by atoms with Crippen molar-refractivity contribution in [3.8, 4) is 11.1 Å². The van der Waals surface area contributed by atoms with Crippen LogP contribution in [0.25, 0.3) is 11.1 Å². The molecule has 102 heavy (non-hydrogen) atoms. The fourth-order valence-electron chi connectivity index (χ4n) is 7.25. The summed E-state index contributed by atoms with van der Waals surface area (Å²) >= 11 is 0. The molecule has 0 radical (unpaired) electrons. The number of aliphatic hydroxyl groups excluding tert-OH is 3. The molecular formula is C86H146O14Si2. The molecule has 16 heteroatoms. The molecule has 0 saturated heterocycles. The molecule has 0 saturated carbocycles. The third kappa shape index (κ3) is 85.3. The summed E-state index contributed by atoms with van der Waals surface area (Å²) in [5.41, 5.74) is 9.18. The van der Waals surface area contributed by atoms with Gasteiger partial charge in [-0.05, 0) is 88.1 Å². The van der Waals surface area contributed by atoms with E-state index in [1.165, 1.54) is 101 Å². The van der Waals surface area contributed by atoms with Crippen LogP contribution in [-0.4, -0.2) is 100 Å². The van der Waals surface area contributed by atoms with Gasteiger partial charge in [0.25, 0.3) is 0 Å². The molecule has 3 N–H and O–H groups in total. The molecule has 5 aromatic carbocycles. The van der Waals surface area contributed by atoms with Gasteiger partial charge in [0.1, 0.15) is 26.4 Å². The number of aryl methyl sites for hydroxylation is 1. The van der Waals surface area contributed by atoms with Crippen molar-refractivity contribution in [3.05, 3.63) is 192 Å². The summed E-state index contributed by atoms with van der Waals surface area (Å²) in [4.78, 5) is 61.3. The van der Waals surface area contributed by atoms with Gasteiger partial charge in [-0.1, -0.05) is 321 Å². The van der Waals surface area contributed by atoms with Gasteiger partial charge in [-0.25, -0.2) is 0 Å². The highest BCUT2D eigenvalue weighted by Gasteiger charge is 2.28. The normalized spacial score (nSPS) is 9.81. The molecule has 0 spiro atoms. The van der Waals surface area contributed by atoms with Crippen LogP contribution in [0.5, 0.6) is 0 Å². The highest BCUT2D eigenvalue weighted by atomic mass is 28.3. The number of ketones is 1. The predicted molar refractivity (Wildman–Crippen MR) is 439 cm³/mol.